The highest BCUT2D eigenvalue weighted by molar-refractivity contribution is 9.11. The van der Waals surface area contributed by atoms with E-state index in [2.05, 4.69) is 33.0 Å². The minimum atomic E-state index is -0.254. The maximum Gasteiger partial charge on any atom is 0.119 e. The molecule has 2 aliphatic rings. The normalized spacial score (nSPS) is 19.9. The minimum absolute atomic E-state index is 0.168. The van der Waals surface area contributed by atoms with Crippen LogP contribution in [0.5, 0.6) is 11.5 Å². The van der Waals surface area contributed by atoms with Crippen molar-refractivity contribution in [1.82, 2.24) is 4.90 Å². The molecule has 1 saturated heterocycles. The summed E-state index contributed by atoms with van der Waals surface area (Å²) in [5.74, 6) is 1.16. The van der Waals surface area contributed by atoms with Crippen LogP contribution in [0.25, 0.3) is 5.57 Å². The second-order valence-corrected chi connectivity index (χ2v) is 8.83. The molecule has 1 aliphatic carbocycles. The molecule has 0 saturated carbocycles. The zero-order chi connectivity index (χ0) is 20.2. The van der Waals surface area contributed by atoms with E-state index in [4.69, 9.17) is 4.74 Å². The van der Waals surface area contributed by atoms with Gasteiger partial charge >= 0.3 is 0 Å². The summed E-state index contributed by atoms with van der Waals surface area (Å²) in [6, 6.07) is 13.9. The van der Waals surface area contributed by atoms with Gasteiger partial charge in [-0.15, -0.1) is 0 Å². The van der Waals surface area contributed by atoms with E-state index < -0.39 is 0 Å². The van der Waals surface area contributed by atoms with Crippen molar-refractivity contribution in [2.45, 2.75) is 38.2 Å². The van der Waals surface area contributed by atoms with E-state index in [1.54, 1.807) is 6.07 Å². The maximum atomic E-state index is 12.4. The third kappa shape index (κ3) is 4.84. The van der Waals surface area contributed by atoms with Crippen molar-refractivity contribution in [3.8, 4) is 11.5 Å². The topological polar surface area (TPSA) is 32.7 Å². The Morgan fingerprint density at radius 3 is 2.76 bits per heavy atom. The first kappa shape index (κ1) is 20.4. The second-order valence-electron chi connectivity index (χ2n) is 7.87. The fourth-order valence-electron chi connectivity index (χ4n) is 4.30. The van der Waals surface area contributed by atoms with Gasteiger partial charge in [-0.25, -0.2) is 0 Å². The molecule has 0 spiro atoms. The van der Waals surface area contributed by atoms with E-state index in [9.17, 15) is 9.50 Å². The first-order valence-corrected chi connectivity index (χ1v) is 11.2. The van der Waals surface area contributed by atoms with Gasteiger partial charge in [0.2, 0.25) is 0 Å². The molecule has 0 bridgehead atoms. The minimum Gasteiger partial charge on any atom is -0.508 e. The predicted molar refractivity (Wildman–Crippen MR) is 119 cm³/mol. The number of nitrogens with zero attached hydrogens (tertiary/aromatic N) is 1. The molecule has 2 aromatic carbocycles. The summed E-state index contributed by atoms with van der Waals surface area (Å²) < 4.78 is 19.7. The van der Waals surface area contributed by atoms with Gasteiger partial charge in [-0.3, -0.25) is 9.29 Å². The lowest BCUT2D eigenvalue weighted by Crippen LogP contribution is -2.26. The van der Waals surface area contributed by atoms with Crippen LogP contribution in [0.4, 0.5) is 4.39 Å². The van der Waals surface area contributed by atoms with Crippen LogP contribution in [0.3, 0.4) is 0 Å². The van der Waals surface area contributed by atoms with Crippen LogP contribution in [0.2, 0.25) is 0 Å². The molecule has 0 radical (unpaired) electrons. The van der Waals surface area contributed by atoms with E-state index in [1.165, 1.54) is 10.0 Å². The van der Waals surface area contributed by atoms with Gasteiger partial charge in [0.05, 0.1) is 6.67 Å². The third-order valence-corrected chi connectivity index (χ3v) is 6.55. The Morgan fingerprint density at radius 1 is 1.14 bits per heavy atom. The molecule has 1 fully saturated rings. The molecule has 154 valence electrons. The lowest BCUT2D eigenvalue weighted by Gasteiger charge is -2.17. The Hall–Kier alpha value is -1.85. The van der Waals surface area contributed by atoms with E-state index in [-0.39, 0.29) is 12.8 Å². The Balaban J connectivity index is 1.50. The Bertz CT molecular complexity index is 881. The second kappa shape index (κ2) is 9.31. The lowest BCUT2D eigenvalue weighted by molar-refractivity contribution is 0.198. The number of hydrogen-bond donors (Lipinski definition) is 1. The van der Waals surface area contributed by atoms with E-state index in [1.807, 2.05) is 24.3 Å². The van der Waals surface area contributed by atoms with E-state index in [0.717, 1.165) is 67.8 Å². The fourth-order valence-corrected chi connectivity index (χ4v) is 5.03. The number of ether oxygens (including phenoxy) is 1. The van der Waals surface area contributed by atoms with Gasteiger partial charge in [0.25, 0.3) is 0 Å². The number of phenols is 1. The number of likely N-dealkylation sites (tertiary alicyclic amines) is 1. The van der Waals surface area contributed by atoms with Crippen LogP contribution in [0.15, 0.2) is 46.9 Å². The Labute approximate surface area is 180 Å². The number of phenolic OH excluding ortho intramolecular Hbond substituents is 1. The summed E-state index contributed by atoms with van der Waals surface area (Å²) in [5.41, 5.74) is 4.64. The molecule has 5 heteroatoms. The molecule has 1 N–H and O–H groups in total. The van der Waals surface area contributed by atoms with Crippen molar-refractivity contribution in [3.63, 3.8) is 0 Å². The molecular formula is C24H27BrFNO2. The number of fused-ring (bicyclic) bond motifs is 1. The molecule has 29 heavy (non-hydrogen) atoms. The monoisotopic (exact) mass is 459 g/mol. The molecule has 3 nitrogen and oxygen atoms in total. The molecule has 1 atom stereocenters. The summed E-state index contributed by atoms with van der Waals surface area (Å²) in [5, 5.41) is 10.0. The first-order valence-electron chi connectivity index (χ1n) is 10.4. The quantitative estimate of drug-likeness (QED) is 0.601. The van der Waals surface area contributed by atoms with Gasteiger partial charge in [-0.05, 0) is 78.6 Å². The molecule has 0 unspecified atom stereocenters. The SMILES string of the molecule is Oc1ccc2c(c1)C(c1ccc(O[C@H]3CCN(CCCF)C3)cc1)=C(Br)CCC2. The van der Waals surface area contributed by atoms with Gasteiger partial charge in [0.15, 0.2) is 0 Å². The zero-order valence-electron chi connectivity index (χ0n) is 16.5. The molecule has 0 aromatic heterocycles. The van der Waals surface area contributed by atoms with Crippen LogP contribution < -0.4 is 4.74 Å². The number of benzene rings is 2. The third-order valence-electron chi connectivity index (χ3n) is 5.76. The molecule has 1 aliphatic heterocycles. The van der Waals surface area contributed by atoms with Gasteiger partial charge in [-0.1, -0.05) is 34.1 Å². The maximum absolute atomic E-state index is 12.4. The number of alkyl halides is 1. The van der Waals surface area contributed by atoms with Crippen molar-refractivity contribution in [1.29, 1.82) is 0 Å². The zero-order valence-corrected chi connectivity index (χ0v) is 18.1. The average Bonchev–Trinajstić information content (AvgIpc) is 3.09. The van der Waals surface area contributed by atoms with Gasteiger partial charge in [0, 0.05) is 24.1 Å². The standard InChI is InChI=1S/C24H27BrFNO2/c25-23-4-1-3-17-5-8-19(28)15-22(17)24(23)18-6-9-20(10-7-18)29-21-11-14-27(16-21)13-2-12-26/h5-10,15,21,28H,1-4,11-14,16H2/t21-/m0/s1. The summed E-state index contributed by atoms with van der Waals surface area (Å²) in [6.45, 7) is 2.40. The van der Waals surface area contributed by atoms with Crippen molar-refractivity contribution >= 4 is 21.5 Å². The first-order chi connectivity index (χ1) is 14.1. The average molecular weight is 460 g/mol. The van der Waals surface area contributed by atoms with Crippen LogP contribution in [0, 0.1) is 0 Å². The highest BCUT2D eigenvalue weighted by atomic mass is 79.9. The van der Waals surface area contributed by atoms with Crippen LogP contribution in [-0.4, -0.2) is 42.4 Å². The fraction of sp³-hybridized carbons (Fsp3) is 0.417. The van der Waals surface area contributed by atoms with Gasteiger partial charge in [0.1, 0.15) is 17.6 Å². The molecular weight excluding hydrogens is 433 g/mol. The lowest BCUT2D eigenvalue weighted by atomic mass is 9.93. The highest BCUT2D eigenvalue weighted by Gasteiger charge is 2.24. The van der Waals surface area contributed by atoms with Crippen LogP contribution in [-0.2, 0) is 6.42 Å². The summed E-state index contributed by atoms with van der Waals surface area (Å²) in [7, 11) is 0. The molecule has 1 heterocycles. The number of allylic oxidation sites excluding steroid dienone is 1. The number of rotatable bonds is 6. The van der Waals surface area contributed by atoms with Crippen LogP contribution >= 0.6 is 15.9 Å². The Kier molecular flexibility index (Phi) is 6.56. The van der Waals surface area contributed by atoms with E-state index in [0.29, 0.717) is 12.2 Å². The summed E-state index contributed by atoms with van der Waals surface area (Å²) in [6.07, 6.45) is 4.83. The number of hydrogen-bond acceptors (Lipinski definition) is 3. The van der Waals surface area contributed by atoms with Gasteiger partial charge in [-0.2, -0.15) is 0 Å². The Morgan fingerprint density at radius 2 is 1.97 bits per heavy atom. The highest BCUT2D eigenvalue weighted by Crippen LogP contribution is 2.39. The van der Waals surface area contributed by atoms with Crippen molar-refractivity contribution in [2.24, 2.45) is 0 Å². The largest absolute Gasteiger partial charge is 0.508 e. The van der Waals surface area contributed by atoms with Crippen molar-refractivity contribution < 1.29 is 14.2 Å². The number of halogens is 2. The predicted octanol–water partition coefficient (Wildman–Crippen LogP) is 5.70. The molecule has 4 rings (SSSR count). The van der Waals surface area contributed by atoms with Crippen LogP contribution in [0.1, 0.15) is 42.4 Å². The van der Waals surface area contributed by atoms with Crippen molar-refractivity contribution in [3.05, 3.63) is 63.6 Å². The smallest absolute Gasteiger partial charge is 0.119 e. The molecule has 0 amide bonds. The van der Waals surface area contributed by atoms with E-state index >= 15 is 0 Å². The summed E-state index contributed by atoms with van der Waals surface area (Å²) in [4.78, 5) is 2.27. The number of aromatic hydroxyl groups is 1. The number of aryl methyl sites for hydroxylation is 1. The molecule has 2 aromatic rings. The van der Waals surface area contributed by atoms with Gasteiger partial charge < -0.3 is 9.84 Å². The van der Waals surface area contributed by atoms with Crippen molar-refractivity contribution in [2.75, 3.05) is 26.3 Å². The summed E-state index contributed by atoms with van der Waals surface area (Å²) >= 11 is 3.79.